The van der Waals surface area contributed by atoms with Gasteiger partial charge in [0, 0.05) is 65.7 Å². The Morgan fingerprint density at radius 3 is 2.30 bits per heavy atom. The number of H-pyrrole nitrogens is 1. The number of aromatic amines is 1. The highest BCUT2D eigenvalue weighted by molar-refractivity contribution is 5.99. The third-order valence-electron chi connectivity index (χ3n) is 6.38. The minimum Gasteiger partial charge on any atom is -0.497 e. The fourth-order valence-electron chi connectivity index (χ4n) is 4.69. The van der Waals surface area contributed by atoms with E-state index >= 15 is 0 Å². The Morgan fingerprint density at radius 2 is 1.67 bits per heavy atom. The van der Waals surface area contributed by atoms with Gasteiger partial charge >= 0.3 is 0 Å². The van der Waals surface area contributed by atoms with Crippen LogP contribution in [0.15, 0.2) is 48.5 Å². The SMILES string of the molecule is COc1ccc(-c2nc3n[nH]c(C)c3c(-c3ccc(N4CCNCC4)cc3)c2C(C)N)cc1. The molecule has 3 heterocycles. The summed E-state index contributed by atoms with van der Waals surface area (Å²) in [5, 5.41) is 12.1. The summed E-state index contributed by atoms with van der Waals surface area (Å²) >= 11 is 0. The van der Waals surface area contributed by atoms with E-state index in [1.807, 2.05) is 38.1 Å². The predicted octanol–water partition coefficient (Wildman–Crippen LogP) is 4.04. The summed E-state index contributed by atoms with van der Waals surface area (Å²) in [6, 6.07) is 16.5. The van der Waals surface area contributed by atoms with Gasteiger partial charge in [-0.25, -0.2) is 4.98 Å². The first kappa shape index (κ1) is 21.4. The van der Waals surface area contributed by atoms with Gasteiger partial charge in [0.1, 0.15) is 5.75 Å². The van der Waals surface area contributed by atoms with Crippen molar-refractivity contribution in [3.63, 3.8) is 0 Å². The van der Waals surface area contributed by atoms with Crippen LogP contribution in [-0.4, -0.2) is 48.5 Å². The quantitative estimate of drug-likeness (QED) is 0.432. The van der Waals surface area contributed by atoms with Gasteiger partial charge in [-0.2, -0.15) is 5.10 Å². The van der Waals surface area contributed by atoms with Crippen molar-refractivity contribution >= 4 is 16.7 Å². The van der Waals surface area contributed by atoms with Crippen LogP contribution in [0.1, 0.15) is 24.2 Å². The van der Waals surface area contributed by atoms with Gasteiger partial charge < -0.3 is 20.7 Å². The van der Waals surface area contributed by atoms with E-state index in [-0.39, 0.29) is 6.04 Å². The number of methoxy groups -OCH3 is 1. The number of piperazine rings is 1. The van der Waals surface area contributed by atoms with Crippen LogP contribution < -0.4 is 20.7 Å². The molecule has 4 N–H and O–H groups in total. The molecule has 33 heavy (non-hydrogen) atoms. The molecule has 1 atom stereocenters. The van der Waals surface area contributed by atoms with Crippen molar-refractivity contribution in [3.05, 3.63) is 59.8 Å². The van der Waals surface area contributed by atoms with Crippen LogP contribution in [0.25, 0.3) is 33.4 Å². The number of aryl methyl sites for hydroxylation is 1. The molecule has 4 aromatic rings. The lowest BCUT2D eigenvalue weighted by Crippen LogP contribution is -2.43. The lowest BCUT2D eigenvalue weighted by Gasteiger charge is -2.29. The molecular weight excluding hydrogens is 412 g/mol. The van der Waals surface area contributed by atoms with Gasteiger partial charge in [-0.1, -0.05) is 12.1 Å². The minimum absolute atomic E-state index is 0.212. The monoisotopic (exact) mass is 442 g/mol. The smallest absolute Gasteiger partial charge is 0.182 e. The molecule has 5 rings (SSSR count). The maximum Gasteiger partial charge on any atom is 0.182 e. The highest BCUT2D eigenvalue weighted by atomic mass is 16.5. The highest BCUT2D eigenvalue weighted by Gasteiger charge is 2.23. The Kier molecular flexibility index (Phi) is 5.74. The molecule has 1 aliphatic heterocycles. The predicted molar refractivity (Wildman–Crippen MR) is 134 cm³/mol. The average Bonchev–Trinajstić information content (AvgIpc) is 3.24. The van der Waals surface area contributed by atoms with Gasteiger partial charge in [0.05, 0.1) is 12.8 Å². The van der Waals surface area contributed by atoms with Crippen molar-refractivity contribution in [2.75, 3.05) is 38.2 Å². The molecular formula is C26H30N6O. The molecule has 0 amide bonds. The Balaban J connectivity index is 1.69. The van der Waals surface area contributed by atoms with Gasteiger partial charge in [0.15, 0.2) is 5.65 Å². The van der Waals surface area contributed by atoms with E-state index < -0.39 is 0 Å². The molecule has 7 nitrogen and oxygen atoms in total. The molecule has 0 spiro atoms. The zero-order valence-corrected chi connectivity index (χ0v) is 19.4. The largest absolute Gasteiger partial charge is 0.497 e. The summed E-state index contributed by atoms with van der Waals surface area (Å²) in [6.45, 7) is 8.12. The number of hydrogen-bond acceptors (Lipinski definition) is 6. The molecule has 2 aromatic heterocycles. The molecule has 0 radical (unpaired) electrons. The summed E-state index contributed by atoms with van der Waals surface area (Å²) in [5.41, 5.74) is 14.6. The van der Waals surface area contributed by atoms with Gasteiger partial charge in [-0.3, -0.25) is 5.10 Å². The first-order valence-corrected chi connectivity index (χ1v) is 11.4. The lowest BCUT2D eigenvalue weighted by atomic mass is 9.89. The number of benzene rings is 2. The second-order valence-corrected chi connectivity index (χ2v) is 8.60. The fraction of sp³-hybridized carbons (Fsp3) is 0.308. The number of fused-ring (bicyclic) bond motifs is 1. The van der Waals surface area contributed by atoms with Crippen LogP contribution >= 0.6 is 0 Å². The highest BCUT2D eigenvalue weighted by Crippen LogP contribution is 2.41. The van der Waals surface area contributed by atoms with Crippen molar-refractivity contribution in [1.82, 2.24) is 20.5 Å². The van der Waals surface area contributed by atoms with Crippen LogP contribution in [0.2, 0.25) is 0 Å². The molecule has 1 unspecified atom stereocenters. The Bertz CT molecular complexity index is 1250. The van der Waals surface area contributed by atoms with Crippen LogP contribution in [0, 0.1) is 6.92 Å². The Morgan fingerprint density at radius 1 is 1.00 bits per heavy atom. The van der Waals surface area contributed by atoms with Crippen molar-refractivity contribution in [1.29, 1.82) is 0 Å². The third kappa shape index (κ3) is 3.94. The normalized spacial score (nSPS) is 15.1. The second kappa shape index (κ2) is 8.84. The van der Waals surface area contributed by atoms with Gasteiger partial charge in [0.25, 0.3) is 0 Å². The molecule has 7 heteroatoms. The summed E-state index contributed by atoms with van der Waals surface area (Å²) in [5.74, 6) is 0.807. The lowest BCUT2D eigenvalue weighted by molar-refractivity contribution is 0.415. The third-order valence-corrected chi connectivity index (χ3v) is 6.38. The van der Waals surface area contributed by atoms with Crippen LogP contribution in [-0.2, 0) is 0 Å². The van der Waals surface area contributed by atoms with Crippen molar-refractivity contribution in [3.8, 4) is 28.1 Å². The number of ether oxygens (including phenoxy) is 1. The second-order valence-electron chi connectivity index (χ2n) is 8.60. The number of nitrogens with one attached hydrogen (secondary N) is 2. The van der Waals surface area contributed by atoms with Crippen LogP contribution in [0.4, 0.5) is 5.69 Å². The Labute approximate surface area is 194 Å². The number of aromatic nitrogens is 3. The molecule has 2 aromatic carbocycles. The molecule has 1 aliphatic rings. The van der Waals surface area contributed by atoms with E-state index in [1.165, 1.54) is 5.69 Å². The molecule has 1 fully saturated rings. The number of nitrogens with two attached hydrogens (primary N) is 1. The summed E-state index contributed by atoms with van der Waals surface area (Å²) in [4.78, 5) is 7.36. The van der Waals surface area contributed by atoms with E-state index in [0.29, 0.717) is 5.65 Å². The summed E-state index contributed by atoms with van der Waals surface area (Å²) in [6.07, 6.45) is 0. The van der Waals surface area contributed by atoms with Gasteiger partial charge in [-0.15, -0.1) is 0 Å². The number of pyridine rings is 1. The van der Waals surface area contributed by atoms with Crippen LogP contribution in [0.3, 0.4) is 0 Å². The fourth-order valence-corrected chi connectivity index (χ4v) is 4.69. The maximum atomic E-state index is 6.59. The first-order valence-electron chi connectivity index (χ1n) is 11.4. The standard InChI is InChI=1S/C26H30N6O/c1-16(27)22-24(18-4-8-20(9-5-18)32-14-12-28-13-15-32)23-17(2)30-31-26(23)29-25(22)19-6-10-21(33-3)11-7-19/h4-11,16,28H,12-15,27H2,1-3H3,(H,29,30,31). The minimum atomic E-state index is -0.212. The zero-order valence-electron chi connectivity index (χ0n) is 19.4. The number of anilines is 1. The summed E-state index contributed by atoms with van der Waals surface area (Å²) in [7, 11) is 1.67. The maximum absolute atomic E-state index is 6.59. The van der Waals surface area contributed by atoms with E-state index in [2.05, 4.69) is 44.7 Å². The van der Waals surface area contributed by atoms with E-state index in [4.69, 9.17) is 15.5 Å². The van der Waals surface area contributed by atoms with E-state index in [0.717, 1.165) is 71.0 Å². The Hall–Kier alpha value is -3.42. The molecule has 0 aliphatic carbocycles. The number of nitrogens with zero attached hydrogens (tertiary/aromatic N) is 3. The molecule has 0 bridgehead atoms. The van der Waals surface area contributed by atoms with E-state index in [1.54, 1.807) is 7.11 Å². The van der Waals surface area contributed by atoms with Crippen molar-refractivity contribution < 1.29 is 4.74 Å². The average molecular weight is 443 g/mol. The summed E-state index contributed by atoms with van der Waals surface area (Å²) < 4.78 is 5.34. The number of hydrogen-bond donors (Lipinski definition) is 3. The molecule has 0 saturated carbocycles. The number of rotatable bonds is 5. The van der Waals surface area contributed by atoms with E-state index in [9.17, 15) is 0 Å². The zero-order chi connectivity index (χ0) is 22.9. The van der Waals surface area contributed by atoms with Crippen LogP contribution in [0.5, 0.6) is 5.75 Å². The van der Waals surface area contributed by atoms with Gasteiger partial charge in [0.2, 0.25) is 0 Å². The van der Waals surface area contributed by atoms with Crippen molar-refractivity contribution in [2.24, 2.45) is 5.73 Å². The van der Waals surface area contributed by atoms with Crippen molar-refractivity contribution in [2.45, 2.75) is 19.9 Å². The molecule has 170 valence electrons. The molecule has 1 saturated heterocycles. The first-order chi connectivity index (χ1) is 16.1. The topological polar surface area (TPSA) is 92.1 Å². The van der Waals surface area contributed by atoms with Gasteiger partial charge in [-0.05, 0) is 55.8 Å².